The summed E-state index contributed by atoms with van der Waals surface area (Å²) in [7, 11) is 0. The molecule has 1 aliphatic heterocycles. The average molecular weight is 434 g/mol. The number of aromatic nitrogens is 2. The van der Waals surface area contributed by atoms with E-state index < -0.39 is 17.8 Å². The molecule has 9 heteroatoms. The van der Waals surface area contributed by atoms with Crippen LogP contribution in [0.3, 0.4) is 0 Å². The van der Waals surface area contributed by atoms with Crippen LogP contribution in [0.2, 0.25) is 0 Å². The first-order chi connectivity index (χ1) is 14.4. The number of halogens is 3. The quantitative estimate of drug-likeness (QED) is 0.654. The van der Waals surface area contributed by atoms with Gasteiger partial charge in [0.1, 0.15) is 5.65 Å². The van der Waals surface area contributed by atoms with Crippen LogP contribution in [0.25, 0.3) is 5.65 Å². The van der Waals surface area contributed by atoms with Gasteiger partial charge in [-0.2, -0.15) is 24.9 Å². The Morgan fingerprint density at radius 3 is 2.50 bits per heavy atom. The molecule has 3 aromatic rings. The molecule has 0 spiro atoms. The number of hydrogen-bond donors (Lipinski definition) is 1. The number of thioether (sulfide) groups is 1. The first-order valence-corrected chi connectivity index (χ1v) is 10.8. The molecule has 3 heterocycles. The maximum atomic E-state index is 12.8. The summed E-state index contributed by atoms with van der Waals surface area (Å²) in [5.41, 5.74) is 1.24. The Hall–Kier alpha value is -2.52. The summed E-state index contributed by atoms with van der Waals surface area (Å²) < 4.78 is 39.6. The van der Waals surface area contributed by atoms with Gasteiger partial charge in [0.25, 0.3) is 5.91 Å². The van der Waals surface area contributed by atoms with Crippen LogP contribution in [-0.2, 0) is 12.6 Å². The minimum absolute atomic E-state index is 0.135. The van der Waals surface area contributed by atoms with Crippen LogP contribution >= 0.6 is 11.8 Å². The van der Waals surface area contributed by atoms with Gasteiger partial charge >= 0.3 is 6.18 Å². The molecular formula is C21H21F3N4OS. The smallest absolute Gasteiger partial charge is 0.322 e. The third-order valence-corrected chi connectivity index (χ3v) is 5.98. The monoisotopic (exact) mass is 434 g/mol. The van der Waals surface area contributed by atoms with Gasteiger partial charge < -0.3 is 14.6 Å². The van der Waals surface area contributed by atoms with E-state index in [-0.39, 0.29) is 11.2 Å². The van der Waals surface area contributed by atoms with Gasteiger partial charge in [-0.3, -0.25) is 4.79 Å². The summed E-state index contributed by atoms with van der Waals surface area (Å²) in [6.07, 6.45) is -1.35. The summed E-state index contributed by atoms with van der Waals surface area (Å²) in [5.74, 6) is 1.98. The van der Waals surface area contributed by atoms with Crippen molar-refractivity contribution in [1.82, 2.24) is 14.3 Å². The number of benzene rings is 1. The minimum atomic E-state index is -4.52. The molecule has 158 valence electrons. The normalized spacial score (nSPS) is 15.4. The second-order valence-electron chi connectivity index (χ2n) is 7.16. The van der Waals surface area contributed by atoms with Crippen molar-refractivity contribution in [3.05, 3.63) is 65.6 Å². The van der Waals surface area contributed by atoms with E-state index in [0.717, 1.165) is 32.3 Å². The summed E-state index contributed by atoms with van der Waals surface area (Å²) in [5, 5.41) is 2.78. The number of amides is 1. The molecule has 0 bridgehead atoms. The van der Waals surface area contributed by atoms with E-state index in [9.17, 15) is 18.0 Å². The van der Waals surface area contributed by atoms with Gasteiger partial charge in [-0.15, -0.1) is 0 Å². The molecule has 1 N–H and O–H groups in total. The first kappa shape index (κ1) is 20.7. The highest BCUT2D eigenvalue weighted by Gasteiger charge is 2.33. The van der Waals surface area contributed by atoms with Gasteiger partial charge in [-0.25, -0.2) is 4.98 Å². The number of nitrogens with one attached hydrogen (secondary N) is 1. The number of fused-ring (bicyclic) bond motifs is 1. The molecule has 0 radical (unpaired) electrons. The number of alkyl halides is 3. The van der Waals surface area contributed by atoms with Crippen molar-refractivity contribution in [1.29, 1.82) is 0 Å². The summed E-state index contributed by atoms with van der Waals surface area (Å²) in [6.45, 7) is 3.28. The lowest BCUT2D eigenvalue weighted by atomic mass is 10.1. The van der Waals surface area contributed by atoms with Crippen LogP contribution in [0, 0.1) is 0 Å². The number of rotatable bonds is 5. The van der Waals surface area contributed by atoms with E-state index in [4.69, 9.17) is 0 Å². The Balaban J connectivity index is 1.38. The third-order valence-electron chi connectivity index (χ3n) is 5.04. The van der Waals surface area contributed by atoms with Crippen LogP contribution in [0.4, 0.5) is 18.9 Å². The fourth-order valence-corrected chi connectivity index (χ4v) is 4.31. The molecule has 0 saturated carbocycles. The van der Waals surface area contributed by atoms with Gasteiger partial charge in [0.15, 0.2) is 5.69 Å². The van der Waals surface area contributed by atoms with Crippen molar-refractivity contribution in [3.8, 4) is 0 Å². The Morgan fingerprint density at radius 1 is 1.07 bits per heavy atom. The lowest BCUT2D eigenvalue weighted by Crippen LogP contribution is -2.34. The molecule has 1 amide bonds. The number of imidazole rings is 1. The number of carbonyl (C=O) groups excluding carboxylic acids is 1. The topological polar surface area (TPSA) is 49.6 Å². The fourth-order valence-electron chi connectivity index (χ4n) is 3.33. The summed E-state index contributed by atoms with van der Waals surface area (Å²) in [6, 6.07) is 10.5. The maximum absolute atomic E-state index is 12.8. The predicted molar refractivity (Wildman–Crippen MR) is 112 cm³/mol. The number of pyridine rings is 1. The summed E-state index contributed by atoms with van der Waals surface area (Å²) in [4.78, 5) is 18.5. The molecule has 1 fully saturated rings. The Morgan fingerprint density at radius 2 is 1.80 bits per heavy atom. The second-order valence-corrected chi connectivity index (χ2v) is 8.39. The highest BCUT2D eigenvalue weighted by Crippen LogP contribution is 2.28. The second kappa shape index (κ2) is 8.69. The number of nitrogens with zero attached hydrogens (tertiary/aromatic N) is 3. The summed E-state index contributed by atoms with van der Waals surface area (Å²) >= 11 is 1.99. The van der Waals surface area contributed by atoms with Crippen molar-refractivity contribution >= 4 is 29.0 Å². The van der Waals surface area contributed by atoms with Crippen molar-refractivity contribution in [3.63, 3.8) is 0 Å². The molecule has 5 nitrogen and oxygen atoms in total. The van der Waals surface area contributed by atoms with Crippen molar-refractivity contribution < 1.29 is 18.0 Å². The molecule has 0 aliphatic carbocycles. The van der Waals surface area contributed by atoms with Gasteiger partial charge in [-0.05, 0) is 36.2 Å². The Bertz CT molecular complexity index is 1030. The SMILES string of the molecule is O=C(Nc1ccc(CCN2CCSCC2)cc1)c1ccc2nc(C(F)(F)F)cn2c1. The predicted octanol–water partition coefficient (Wildman–Crippen LogP) is 4.20. The van der Waals surface area contributed by atoms with Gasteiger partial charge in [-0.1, -0.05) is 12.1 Å². The zero-order valence-corrected chi connectivity index (χ0v) is 17.0. The Labute approximate surface area is 176 Å². The maximum Gasteiger partial charge on any atom is 0.434 e. The van der Waals surface area contributed by atoms with E-state index in [1.165, 1.54) is 39.8 Å². The lowest BCUT2D eigenvalue weighted by Gasteiger charge is -2.26. The van der Waals surface area contributed by atoms with Crippen LogP contribution < -0.4 is 5.32 Å². The molecule has 1 aliphatic rings. The largest absolute Gasteiger partial charge is 0.434 e. The fraction of sp³-hybridized carbons (Fsp3) is 0.333. The van der Waals surface area contributed by atoms with Crippen molar-refractivity contribution in [2.45, 2.75) is 12.6 Å². The highest BCUT2D eigenvalue weighted by atomic mass is 32.2. The molecule has 1 saturated heterocycles. The zero-order chi connectivity index (χ0) is 21.1. The molecule has 0 atom stereocenters. The minimum Gasteiger partial charge on any atom is -0.322 e. The zero-order valence-electron chi connectivity index (χ0n) is 16.2. The van der Waals surface area contributed by atoms with E-state index >= 15 is 0 Å². The van der Waals surface area contributed by atoms with E-state index in [2.05, 4.69) is 15.2 Å². The van der Waals surface area contributed by atoms with Crippen LogP contribution in [0.1, 0.15) is 21.6 Å². The van der Waals surface area contributed by atoms with E-state index in [1.807, 2.05) is 36.0 Å². The number of carbonyl (C=O) groups is 1. The average Bonchev–Trinajstić information content (AvgIpc) is 3.18. The lowest BCUT2D eigenvalue weighted by molar-refractivity contribution is -0.140. The molecule has 0 unspecified atom stereocenters. The molecule has 1 aromatic carbocycles. The highest BCUT2D eigenvalue weighted by molar-refractivity contribution is 7.99. The van der Waals surface area contributed by atoms with E-state index in [0.29, 0.717) is 5.69 Å². The molecule has 30 heavy (non-hydrogen) atoms. The van der Waals surface area contributed by atoms with Gasteiger partial charge in [0.2, 0.25) is 0 Å². The van der Waals surface area contributed by atoms with Crippen LogP contribution in [-0.4, -0.2) is 51.3 Å². The van der Waals surface area contributed by atoms with Crippen LogP contribution in [0.5, 0.6) is 0 Å². The van der Waals surface area contributed by atoms with Crippen molar-refractivity contribution in [2.24, 2.45) is 0 Å². The van der Waals surface area contributed by atoms with Crippen LogP contribution in [0.15, 0.2) is 48.8 Å². The number of hydrogen-bond acceptors (Lipinski definition) is 4. The molecular weight excluding hydrogens is 413 g/mol. The molecule has 4 rings (SSSR count). The van der Waals surface area contributed by atoms with Gasteiger partial charge in [0.05, 0.1) is 5.56 Å². The standard InChI is InChI=1S/C21H21F3N4OS/c22-21(23,24)18-14-28-13-16(3-6-19(28)26-18)20(29)25-17-4-1-15(2-5-17)7-8-27-9-11-30-12-10-27/h1-6,13-14H,7-12H2,(H,25,29). The van der Waals surface area contributed by atoms with Crippen molar-refractivity contribution in [2.75, 3.05) is 36.5 Å². The number of anilines is 1. The van der Waals surface area contributed by atoms with Gasteiger partial charge in [0, 0.05) is 49.2 Å². The van der Waals surface area contributed by atoms with E-state index in [1.54, 1.807) is 0 Å². The Kier molecular flexibility index (Phi) is 6.01. The molecule has 2 aromatic heterocycles. The first-order valence-electron chi connectivity index (χ1n) is 9.65. The third kappa shape index (κ3) is 4.96.